The van der Waals surface area contributed by atoms with Gasteiger partial charge in [0.2, 0.25) is 5.91 Å². The SMILES string of the molecule is C#CCN1CCN(C(=O)CCSC)CC1. The summed E-state index contributed by atoms with van der Waals surface area (Å²) in [5.74, 6) is 3.84. The van der Waals surface area contributed by atoms with E-state index in [4.69, 9.17) is 6.42 Å². The Morgan fingerprint density at radius 3 is 2.60 bits per heavy atom. The molecule has 1 fully saturated rings. The minimum Gasteiger partial charge on any atom is -0.340 e. The van der Waals surface area contributed by atoms with Crippen molar-refractivity contribution in [3.05, 3.63) is 0 Å². The number of terminal acetylenes is 1. The van der Waals surface area contributed by atoms with Gasteiger partial charge in [-0.2, -0.15) is 11.8 Å². The van der Waals surface area contributed by atoms with Crippen LogP contribution in [0.4, 0.5) is 0 Å². The lowest BCUT2D eigenvalue weighted by molar-refractivity contribution is -0.132. The predicted octanol–water partition coefficient (Wildman–Crippen LogP) is 0.517. The molecule has 0 atom stereocenters. The van der Waals surface area contributed by atoms with E-state index in [0.29, 0.717) is 13.0 Å². The predicted molar refractivity (Wildman–Crippen MR) is 64.9 cm³/mol. The van der Waals surface area contributed by atoms with Gasteiger partial charge in [0.05, 0.1) is 6.54 Å². The average Bonchev–Trinajstić information content (AvgIpc) is 2.27. The number of thioether (sulfide) groups is 1. The van der Waals surface area contributed by atoms with Crippen molar-refractivity contribution in [1.29, 1.82) is 0 Å². The zero-order chi connectivity index (χ0) is 11.1. The summed E-state index contributed by atoms with van der Waals surface area (Å²) in [4.78, 5) is 15.8. The van der Waals surface area contributed by atoms with Crippen molar-refractivity contribution < 1.29 is 4.79 Å². The van der Waals surface area contributed by atoms with E-state index < -0.39 is 0 Å². The third kappa shape index (κ3) is 4.15. The van der Waals surface area contributed by atoms with Crippen molar-refractivity contribution in [1.82, 2.24) is 9.80 Å². The maximum absolute atomic E-state index is 11.7. The van der Waals surface area contributed by atoms with E-state index in [0.717, 1.165) is 31.9 Å². The minimum absolute atomic E-state index is 0.282. The van der Waals surface area contributed by atoms with Crippen LogP contribution in [0.1, 0.15) is 6.42 Å². The van der Waals surface area contributed by atoms with Crippen LogP contribution in [-0.2, 0) is 4.79 Å². The Hall–Kier alpha value is -0.660. The van der Waals surface area contributed by atoms with E-state index in [2.05, 4.69) is 10.8 Å². The fraction of sp³-hybridized carbons (Fsp3) is 0.727. The number of piperazine rings is 1. The van der Waals surface area contributed by atoms with Crippen molar-refractivity contribution in [3.8, 4) is 12.3 Å². The number of hydrogen-bond donors (Lipinski definition) is 0. The highest BCUT2D eigenvalue weighted by molar-refractivity contribution is 7.98. The van der Waals surface area contributed by atoms with Crippen LogP contribution in [0.25, 0.3) is 0 Å². The third-order valence-corrected chi connectivity index (χ3v) is 3.17. The molecule has 0 aromatic heterocycles. The van der Waals surface area contributed by atoms with Gasteiger partial charge in [-0.3, -0.25) is 9.69 Å². The van der Waals surface area contributed by atoms with Crippen LogP contribution in [0.3, 0.4) is 0 Å². The van der Waals surface area contributed by atoms with Gasteiger partial charge in [0.25, 0.3) is 0 Å². The lowest BCUT2D eigenvalue weighted by Gasteiger charge is -2.33. The standard InChI is InChI=1S/C11H18N2OS/c1-3-5-12-6-8-13(9-7-12)11(14)4-10-15-2/h1H,4-10H2,2H3. The first-order valence-corrected chi connectivity index (χ1v) is 6.60. The van der Waals surface area contributed by atoms with E-state index >= 15 is 0 Å². The van der Waals surface area contributed by atoms with Crippen LogP contribution in [0, 0.1) is 12.3 Å². The van der Waals surface area contributed by atoms with Gasteiger partial charge in [0.15, 0.2) is 0 Å². The van der Waals surface area contributed by atoms with Gasteiger partial charge in [-0.05, 0) is 6.26 Å². The molecule has 1 aliphatic rings. The molecule has 0 spiro atoms. The fourth-order valence-electron chi connectivity index (χ4n) is 1.63. The summed E-state index contributed by atoms with van der Waals surface area (Å²) in [6.07, 6.45) is 7.93. The normalized spacial score (nSPS) is 17.5. The summed E-state index contributed by atoms with van der Waals surface area (Å²) >= 11 is 1.72. The largest absolute Gasteiger partial charge is 0.340 e. The molecule has 0 aromatic carbocycles. The molecule has 0 aliphatic carbocycles. The van der Waals surface area contributed by atoms with E-state index in [1.807, 2.05) is 11.2 Å². The Morgan fingerprint density at radius 2 is 2.07 bits per heavy atom. The van der Waals surface area contributed by atoms with Crippen molar-refractivity contribution in [3.63, 3.8) is 0 Å². The number of carbonyl (C=O) groups is 1. The molecule has 0 bridgehead atoms. The molecule has 3 nitrogen and oxygen atoms in total. The van der Waals surface area contributed by atoms with Gasteiger partial charge < -0.3 is 4.90 Å². The Morgan fingerprint density at radius 1 is 1.40 bits per heavy atom. The summed E-state index contributed by atoms with van der Waals surface area (Å²) in [7, 11) is 0. The average molecular weight is 226 g/mol. The summed E-state index contributed by atoms with van der Waals surface area (Å²) < 4.78 is 0. The van der Waals surface area contributed by atoms with Crippen LogP contribution in [0.5, 0.6) is 0 Å². The van der Waals surface area contributed by atoms with Gasteiger partial charge in [0, 0.05) is 38.4 Å². The fourth-order valence-corrected chi connectivity index (χ4v) is 2.01. The Kier molecular flexibility index (Phi) is 5.59. The Bertz CT molecular complexity index is 241. The van der Waals surface area contributed by atoms with Crippen LogP contribution >= 0.6 is 11.8 Å². The van der Waals surface area contributed by atoms with Gasteiger partial charge in [-0.1, -0.05) is 5.92 Å². The monoisotopic (exact) mass is 226 g/mol. The highest BCUT2D eigenvalue weighted by Crippen LogP contribution is 2.05. The van der Waals surface area contributed by atoms with Crippen molar-refractivity contribution >= 4 is 17.7 Å². The van der Waals surface area contributed by atoms with Gasteiger partial charge in [-0.15, -0.1) is 6.42 Å². The molecule has 0 radical (unpaired) electrons. The van der Waals surface area contributed by atoms with Gasteiger partial charge >= 0.3 is 0 Å². The molecule has 1 aliphatic heterocycles. The van der Waals surface area contributed by atoms with Crippen molar-refractivity contribution in [2.45, 2.75) is 6.42 Å². The van der Waals surface area contributed by atoms with E-state index in [1.54, 1.807) is 11.8 Å². The first-order chi connectivity index (χ1) is 7.27. The maximum atomic E-state index is 11.7. The molecule has 0 N–H and O–H groups in total. The van der Waals surface area contributed by atoms with Crippen LogP contribution < -0.4 is 0 Å². The van der Waals surface area contributed by atoms with Gasteiger partial charge in [-0.25, -0.2) is 0 Å². The Labute approximate surface area is 96.2 Å². The highest BCUT2D eigenvalue weighted by atomic mass is 32.2. The minimum atomic E-state index is 0.282. The summed E-state index contributed by atoms with van der Waals surface area (Å²) in [6.45, 7) is 4.18. The number of rotatable bonds is 4. The second-order valence-corrected chi connectivity index (χ2v) is 4.59. The van der Waals surface area contributed by atoms with E-state index in [9.17, 15) is 4.79 Å². The molecule has 0 aromatic rings. The molecule has 1 amide bonds. The quantitative estimate of drug-likeness (QED) is 0.653. The number of amides is 1. The maximum Gasteiger partial charge on any atom is 0.223 e. The zero-order valence-corrected chi connectivity index (χ0v) is 10.1. The molecule has 1 saturated heterocycles. The van der Waals surface area contributed by atoms with E-state index in [1.165, 1.54) is 0 Å². The number of hydrogen-bond acceptors (Lipinski definition) is 3. The summed E-state index contributed by atoms with van der Waals surface area (Å²) in [5.41, 5.74) is 0. The molecular weight excluding hydrogens is 208 g/mol. The number of nitrogens with zero attached hydrogens (tertiary/aromatic N) is 2. The first-order valence-electron chi connectivity index (χ1n) is 5.20. The summed E-state index contributed by atoms with van der Waals surface area (Å²) in [6, 6.07) is 0. The van der Waals surface area contributed by atoms with Crippen LogP contribution in [0.2, 0.25) is 0 Å². The topological polar surface area (TPSA) is 23.6 Å². The summed E-state index contributed by atoms with van der Waals surface area (Å²) in [5, 5.41) is 0. The second kappa shape index (κ2) is 6.76. The van der Waals surface area contributed by atoms with Crippen molar-refractivity contribution in [2.24, 2.45) is 0 Å². The molecule has 0 saturated carbocycles. The Balaban J connectivity index is 2.25. The van der Waals surface area contributed by atoms with E-state index in [-0.39, 0.29) is 5.91 Å². The molecule has 1 heterocycles. The van der Waals surface area contributed by atoms with Crippen LogP contribution in [-0.4, -0.2) is 60.4 Å². The molecule has 15 heavy (non-hydrogen) atoms. The molecule has 0 unspecified atom stereocenters. The molecule has 4 heteroatoms. The van der Waals surface area contributed by atoms with Gasteiger partial charge in [0.1, 0.15) is 0 Å². The first kappa shape index (κ1) is 12.4. The van der Waals surface area contributed by atoms with Crippen LogP contribution in [0.15, 0.2) is 0 Å². The molecular formula is C11H18N2OS. The zero-order valence-electron chi connectivity index (χ0n) is 9.24. The second-order valence-electron chi connectivity index (χ2n) is 3.60. The lowest BCUT2D eigenvalue weighted by Crippen LogP contribution is -2.48. The lowest BCUT2D eigenvalue weighted by atomic mass is 10.3. The molecule has 1 rings (SSSR count). The smallest absolute Gasteiger partial charge is 0.223 e. The van der Waals surface area contributed by atoms with Crippen molar-refractivity contribution in [2.75, 3.05) is 44.7 Å². The molecule has 84 valence electrons. The third-order valence-electron chi connectivity index (χ3n) is 2.56. The highest BCUT2D eigenvalue weighted by Gasteiger charge is 2.19. The number of carbonyl (C=O) groups excluding carboxylic acids is 1.